The van der Waals surface area contributed by atoms with Gasteiger partial charge < -0.3 is 20.1 Å². The molecule has 26 heavy (non-hydrogen) atoms. The molecule has 1 aromatic rings. The van der Waals surface area contributed by atoms with Gasteiger partial charge in [-0.25, -0.2) is 12.7 Å². The smallest absolute Gasteiger partial charge is 0.255 e. The first-order valence-corrected chi connectivity index (χ1v) is 10.1. The van der Waals surface area contributed by atoms with Gasteiger partial charge in [0.15, 0.2) is 11.5 Å². The fraction of sp³-hybridized carbons (Fsp3) is 0.588. The highest BCUT2D eigenvalue weighted by Crippen LogP contribution is 2.37. The molecule has 1 fully saturated rings. The largest absolute Gasteiger partial charge is 0.486 e. The Morgan fingerprint density at radius 1 is 1.31 bits per heavy atom. The zero-order valence-electron chi connectivity index (χ0n) is 15.2. The van der Waals surface area contributed by atoms with E-state index in [1.165, 1.54) is 26.2 Å². The first kappa shape index (κ1) is 18.9. The number of nitrogens with zero attached hydrogens (tertiary/aromatic N) is 1. The summed E-state index contributed by atoms with van der Waals surface area (Å²) in [5.41, 5.74) is 0.174. The van der Waals surface area contributed by atoms with Gasteiger partial charge in [0.25, 0.3) is 5.91 Å². The van der Waals surface area contributed by atoms with E-state index in [1.54, 1.807) is 0 Å². The Labute approximate surface area is 153 Å². The third-order valence-corrected chi connectivity index (χ3v) is 6.49. The molecule has 9 heteroatoms. The van der Waals surface area contributed by atoms with Gasteiger partial charge in [0.1, 0.15) is 13.2 Å². The number of carbonyl (C=O) groups excluding carboxylic acids is 1. The summed E-state index contributed by atoms with van der Waals surface area (Å²) in [6, 6.07) is 2.88. The van der Waals surface area contributed by atoms with E-state index in [9.17, 15) is 13.2 Å². The standard InChI is InChI=1S/C17H25N3O5S/c1-11(14-5-4-6-18-14)19-17(21)13-9-12(26(22,23)20(2)3)10-15-16(13)25-8-7-24-15/h9-11,14,18H,4-8H2,1-3H3,(H,19,21). The molecule has 2 heterocycles. The Kier molecular flexibility index (Phi) is 5.40. The second-order valence-corrected chi connectivity index (χ2v) is 8.90. The predicted molar refractivity (Wildman–Crippen MR) is 96.3 cm³/mol. The lowest BCUT2D eigenvalue weighted by molar-refractivity contribution is 0.0921. The number of sulfonamides is 1. The zero-order valence-corrected chi connectivity index (χ0v) is 16.1. The van der Waals surface area contributed by atoms with Gasteiger partial charge >= 0.3 is 0 Å². The lowest BCUT2D eigenvalue weighted by atomic mass is 10.1. The summed E-state index contributed by atoms with van der Waals surface area (Å²) in [6.07, 6.45) is 2.07. The van der Waals surface area contributed by atoms with Crippen LogP contribution in [0.1, 0.15) is 30.1 Å². The van der Waals surface area contributed by atoms with Crippen LogP contribution in [0.5, 0.6) is 11.5 Å². The Hall–Kier alpha value is -1.84. The number of nitrogens with one attached hydrogen (secondary N) is 2. The second-order valence-electron chi connectivity index (χ2n) is 6.75. The lowest BCUT2D eigenvalue weighted by Gasteiger charge is -2.25. The highest BCUT2D eigenvalue weighted by molar-refractivity contribution is 7.89. The molecule has 2 unspecified atom stereocenters. The average molecular weight is 383 g/mol. The van der Waals surface area contributed by atoms with Crippen LogP contribution < -0.4 is 20.1 Å². The van der Waals surface area contributed by atoms with Crippen LogP contribution in [0, 0.1) is 0 Å². The fourth-order valence-electron chi connectivity index (χ4n) is 3.18. The minimum Gasteiger partial charge on any atom is -0.486 e. The minimum absolute atomic E-state index is 0.00328. The topological polar surface area (TPSA) is 97.0 Å². The molecule has 0 aliphatic carbocycles. The van der Waals surface area contributed by atoms with Crippen molar-refractivity contribution in [3.05, 3.63) is 17.7 Å². The molecule has 1 amide bonds. The lowest BCUT2D eigenvalue weighted by Crippen LogP contribution is -2.45. The Bertz CT molecular complexity index is 788. The molecular weight excluding hydrogens is 358 g/mol. The highest BCUT2D eigenvalue weighted by atomic mass is 32.2. The molecule has 3 rings (SSSR count). The molecule has 2 aliphatic rings. The summed E-state index contributed by atoms with van der Waals surface area (Å²) in [5, 5.41) is 6.30. The van der Waals surface area contributed by atoms with Gasteiger partial charge in [0.2, 0.25) is 10.0 Å². The molecule has 0 aromatic heterocycles. The van der Waals surface area contributed by atoms with Crippen molar-refractivity contribution in [2.45, 2.75) is 36.7 Å². The van der Waals surface area contributed by atoms with E-state index in [4.69, 9.17) is 9.47 Å². The maximum atomic E-state index is 12.8. The highest BCUT2D eigenvalue weighted by Gasteiger charge is 2.29. The van der Waals surface area contributed by atoms with Crippen molar-refractivity contribution in [3.63, 3.8) is 0 Å². The maximum absolute atomic E-state index is 12.8. The van der Waals surface area contributed by atoms with Gasteiger partial charge in [-0.1, -0.05) is 0 Å². The van der Waals surface area contributed by atoms with E-state index in [1.807, 2.05) is 6.92 Å². The van der Waals surface area contributed by atoms with Crippen molar-refractivity contribution in [1.29, 1.82) is 0 Å². The quantitative estimate of drug-likeness (QED) is 0.772. The number of hydrogen-bond acceptors (Lipinski definition) is 6. The van der Waals surface area contributed by atoms with Crippen LogP contribution in [0.4, 0.5) is 0 Å². The second kappa shape index (κ2) is 7.42. The number of ether oxygens (including phenoxy) is 2. The van der Waals surface area contributed by atoms with E-state index in [0.29, 0.717) is 13.2 Å². The van der Waals surface area contributed by atoms with Crippen molar-refractivity contribution in [2.75, 3.05) is 33.9 Å². The normalized spacial score (nSPS) is 20.8. The van der Waals surface area contributed by atoms with Crippen LogP contribution in [0.2, 0.25) is 0 Å². The van der Waals surface area contributed by atoms with Gasteiger partial charge in [0.05, 0.1) is 10.5 Å². The summed E-state index contributed by atoms with van der Waals surface area (Å²) >= 11 is 0. The molecule has 2 N–H and O–H groups in total. The Morgan fingerprint density at radius 2 is 2.04 bits per heavy atom. The van der Waals surface area contributed by atoms with Crippen LogP contribution in [0.25, 0.3) is 0 Å². The summed E-state index contributed by atoms with van der Waals surface area (Å²) < 4.78 is 37.3. The number of fused-ring (bicyclic) bond motifs is 1. The first-order valence-electron chi connectivity index (χ1n) is 8.71. The van der Waals surface area contributed by atoms with Gasteiger partial charge in [-0.2, -0.15) is 0 Å². The van der Waals surface area contributed by atoms with Crippen molar-refractivity contribution in [1.82, 2.24) is 14.9 Å². The molecule has 1 saturated heterocycles. The van der Waals surface area contributed by atoms with E-state index < -0.39 is 10.0 Å². The zero-order chi connectivity index (χ0) is 18.9. The third-order valence-electron chi connectivity index (χ3n) is 4.70. The number of amides is 1. The third kappa shape index (κ3) is 3.65. The van der Waals surface area contributed by atoms with Crippen LogP contribution in [-0.4, -0.2) is 64.6 Å². The molecule has 0 saturated carbocycles. The minimum atomic E-state index is -3.71. The molecule has 0 spiro atoms. The molecule has 8 nitrogen and oxygen atoms in total. The molecular formula is C17H25N3O5S. The molecule has 1 aromatic carbocycles. The molecule has 144 valence electrons. The van der Waals surface area contributed by atoms with Gasteiger partial charge in [0, 0.05) is 32.2 Å². The maximum Gasteiger partial charge on any atom is 0.255 e. The molecule has 2 atom stereocenters. The molecule has 0 radical (unpaired) electrons. The number of rotatable bonds is 5. The van der Waals surface area contributed by atoms with Crippen molar-refractivity contribution < 1.29 is 22.7 Å². The predicted octanol–water partition coefficient (Wildman–Crippen LogP) is 0.578. The van der Waals surface area contributed by atoms with E-state index in [0.717, 1.165) is 23.7 Å². The molecule has 2 aliphatic heterocycles. The number of hydrogen-bond donors (Lipinski definition) is 2. The fourth-order valence-corrected chi connectivity index (χ4v) is 4.12. The van der Waals surface area contributed by atoms with E-state index in [2.05, 4.69) is 10.6 Å². The van der Waals surface area contributed by atoms with Gasteiger partial charge in [-0.3, -0.25) is 4.79 Å². The summed E-state index contributed by atoms with van der Waals surface area (Å²) in [6.45, 7) is 3.49. The van der Waals surface area contributed by atoms with E-state index >= 15 is 0 Å². The summed E-state index contributed by atoms with van der Waals surface area (Å²) in [4.78, 5) is 12.9. The SMILES string of the molecule is CC(NC(=O)c1cc(S(=O)(=O)N(C)C)cc2c1OCCO2)C1CCCN1. The van der Waals surface area contributed by atoms with Gasteiger partial charge in [-0.05, 0) is 32.4 Å². The van der Waals surface area contributed by atoms with Crippen molar-refractivity contribution in [2.24, 2.45) is 0 Å². The van der Waals surface area contributed by atoms with Crippen molar-refractivity contribution in [3.8, 4) is 11.5 Å². The monoisotopic (exact) mass is 383 g/mol. The van der Waals surface area contributed by atoms with E-state index in [-0.39, 0.29) is 39.9 Å². The first-order chi connectivity index (χ1) is 12.3. The average Bonchev–Trinajstić information content (AvgIpc) is 3.15. The summed E-state index contributed by atoms with van der Waals surface area (Å²) in [5.74, 6) is 0.192. The van der Waals surface area contributed by atoms with Gasteiger partial charge in [-0.15, -0.1) is 0 Å². The Balaban J connectivity index is 1.95. The number of carbonyl (C=O) groups is 1. The van der Waals surface area contributed by atoms with Crippen molar-refractivity contribution >= 4 is 15.9 Å². The Morgan fingerprint density at radius 3 is 2.69 bits per heavy atom. The van der Waals surface area contributed by atoms with Crippen LogP contribution in [0.3, 0.4) is 0 Å². The van der Waals surface area contributed by atoms with Crippen LogP contribution >= 0.6 is 0 Å². The number of benzene rings is 1. The van der Waals surface area contributed by atoms with Crippen LogP contribution in [-0.2, 0) is 10.0 Å². The molecule has 0 bridgehead atoms. The summed E-state index contributed by atoms with van der Waals surface area (Å²) in [7, 11) is -0.817. The van der Waals surface area contributed by atoms with Crippen LogP contribution in [0.15, 0.2) is 17.0 Å².